The maximum Gasteiger partial charge on any atom is 0.256 e. The molecule has 7 nitrogen and oxygen atoms in total. The summed E-state index contributed by atoms with van der Waals surface area (Å²) in [5.41, 5.74) is 2.28. The number of fused-ring (bicyclic) bond motifs is 1. The van der Waals surface area contributed by atoms with Gasteiger partial charge in [0, 0.05) is 28.9 Å². The molecule has 0 aliphatic rings. The Balaban J connectivity index is 1.51. The number of thiocarbonyl (C=S) groups is 1. The first-order valence-corrected chi connectivity index (χ1v) is 10.1. The molecule has 3 N–H and O–H groups in total. The highest BCUT2D eigenvalue weighted by atomic mass is 32.1. The van der Waals surface area contributed by atoms with E-state index in [0.29, 0.717) is 28.3 Å². The largest absolute Gasteiger partial charge is 0.496 e. The van der Waals surface area contributed by atoms with Gasteiger partial charge in [0.15, 0.2) is 5.11 Å². The van der Waals surface area contributed by atoms with Crippen LogP contribution in [0.15, 0.2) is 82.2 Å². The average Bonchev–Trinajstić information content (AvgIpc) is 3.31. The molecule has 2 heterocycles. The molecular formula is C24H19N3O4S. The summed E-state index contributed by atoms with van der Waals surface area (Å²) in [6, 6.07) is 18.1. The number of furan rings is 1. The maximum absolute atomic E-state index is 12.6. The minimum absolute atomic E-state index is 0.123. The number of para-hydroxylation sites is 1. The number of methoxy groups -OCH3 is 1. The van der Waals surface area contributed by atoms with Crippen molar-refractivity contribution >= 4 is 45.9 Å². The number of anilines is 1. The van der Waals surface area contributed by atoms with Gasteiger partial charge in [-0.3, -0.25) is 14.9 Å². The van der Waals surface area contributed by atoms with E-state index in [0.717, 1.165) is 10.9 Å². The second-order valence-corrected chi connectivity index (χ2v) is 7.21. The van der Waals surface area contributed by atoms with Crippen molar-refractivity contribution in [1.29, 1.82) is 0 Å². The van der Waals surface area contributed by atoms with E-state index in [2.05, 4.69) is 15.6 Å². The molecule has 0 fully saturated rings. The number of nitrogens with one attached hydrogen (secondary N) is 3. The van der Waals surface area contributed by atoms with E-state index in [1.54, 1.807) is 30.3 Å². The van der Waals surface area contributed by atoms with Gasteiger partial charge in [-0.2, -0.15) is 0 Å². The van der Waals surface area contributed by atoms with Crippen molar-refractivity contribution < 1.29 is 13.9 Å². The van der Waals surface area contributed by atoms with E-state index in [1.165, 1.54) is 25.5 Å². The highest BCUT2D eigenvalue weighted by Crippen LogP contribution is 2.31. The van der Waals surface area contributed by atoms with Crippen LogP contribution in [0, 0.1) is 0 Å². The number of benzene rings is 2. The number of aromatic nitrogens is 1. The van der Waals surface area contributed by atoms with Gasteiger partial charge in [-0.25, -0.2) is 0 Å². The fraction of sp³-hybridized carbons (Fsp3) is 0.0417. The van der Waals surface area contributed by atoms with E-state index in [4.69, 9.17) is 21.4 Å². The van der Waals surface area contributed by atoms with Crippen molar-refractivity contribution in [1.82, 2.24) is 10.3 Å². The third-order valence-electron chi connectivity index (χ3n) is 4.68. The summed E-state index contributed by atoms with van der Waals surface area (Å²) in [5, 5.41) is 6.54. The van der Waals surface area contributed by atoms with Gasteiger partial charge < -0.3 is 19.5 Å². The second kappa shape index (κ2) is 9.32. The van der Waals surface area contributed by atoms with Crippen LogP contribution in [0.5, 0.6) is 5.75 Å². The van der Waals surface area contributed by atoms with E-state index >= 15 is 0 Å². The van der Waals surface area contributed by atoms with Crippen molar-refractivity contribution in [2.24, 2.45) is 0 Å². The van der Waals surface area contributed by atoms with Crippen LogP contribution in [0.2, 0.25) is 0 Å². The van der Waals surface area contributed by atoms with Crippen LogP contribution in [0.4, 0.5) is 5.69 Å². The molecule has 4 aromatic rings. The van der Waals surface area contributed by atoms with Gasteiger partial charge in [0.1, 0.15) is 11.5 Å². The van der Waals surface area contributed by atoms with E-state index < -0.39 is 5.91 Å². The Labute approximate surface area is 188 Å². The molecule has 0 unspecified atom stereocenters. The molecule has 0 bridgehead atoms. The molecule has 0 saturated carbocycles. The summed E-state index contributed by atoms with van der Waals surface area (Å²) in [5.74, 6) is 0.649. The van der Waals surface area contributed by atoms with Gasteiger partial charge in [0.25, 0.3) is 5.56 Å². The van der Waals surface area contributed by atoms with Crippen molar-refractivity contribution in [2.75, 3.05) is 12.4 Å². The number of amides is 1. The van der Waals surface area contributed by atoms with Crippen molar-refractivity contribution in [3.05, 3.63) is 89.1 Å². The summed E-state index contributed by atoms with van der Waals surface area (Å²) >= 11 is 5.21. The molecule has 4 rings (SSSR count). The quantitative estimate of drug-likeness (QED) is 0.313. The molecule has 0 saturated heterocycles. The van der Waals surface area contributed by atoms with Crippen LogP contribution in [-0.2, 0) is 4.79 Å². The van der Waals surface area contributed by atoms with Gasteiger partial charge in [-0.15, -0.1) is 0 Å². The Morgan fingerprint density at radius 2 is 1.94 bits per heavy atom. The first-order valence-electron chi connectivity index (χ1n) is 9.67. The van der Waals surface area contributed by atoms with Crippen LogP contribution >= 0.6 is 12.2 Å². The van der Waals surface area contributed by atoms with Gasteiger partial charge in [0.05, 0.1) is 18.9 Å². The number of carbonyl (C=O) groups is 1. The standard InChI is InChI=1S/C24H19N3O4S/c1-30-21-14-16(25-24(32)27-22(28)11-9-17-6-4-12-31-17)8-10-18(21)19-13-15-5-2-3-7-20(15)26-23(19)29/h2-14H,1H3,(H,26,29)(H2,25,27,28,32). The summed E-state index contributed by atoms with van der Waals surface area (Å²) < 4.78 is 10.6. The maximum atomic E-state index is 12.6. The molecule has 0 spiro atoms. The lowest BCUT2D eigenvalue weighted by atomic mass is 10.0. The van der Waals surface area contributed by atoms with Gasteiger partial charge in [-0.1, -0.05) is 18.2 Å². The molecule has 1 amide bonds. The number of rotatable bonds is 5. The smallest absolute Gasteiger partial charge is 0.256 e. The van der Waals surface area contributed by atoms with Crippen molar-refractivity contribution in [3.63, 3.8) is 0 Å². The zero-order valence-corrected chi connectivity index (χ0v) is 17.9. The molecule has 32 heavy (non-hydrogen) atoms. The van der Waals surface area contributed by atoms with Gasteiger partial charge in [0.2, 0.25) is 5.91 Å². The number of hydrogen-bond acceptors (Lipinski definition) is 5. The minimum atomic E-state index is -0.398. The number of H-pyrrole nitrogens is 1. The predicted molar refractivity (Wildman–Crippen MR) is 129 cm³/mol. The van der Waals surface area contributed by atoms with Crippen LogP contribution < -0.4 is 20.9 Å². The number of aromatic amines is 1. The van der Waals surface area contributed by atoms with E-state index in [1.807, 2.05) is 30.3 Å². The lowest BCUT2D eigenvalue weighted by Crippen LogP contribution is -2.32. The SMILES string of the molecule is COc1cc(NC(=S)NC(=O)C=Cc2ccco2)ccc1-c1cc2ccccc2[nH]c1=O. The number of hydrogen-bond donors (Lipinski definition) is 3. The Hall–Kier alpha value is -4.17. The van der Waals surface area contributed by atoms with Gasteiger partial charge in [-0.05, 0) is 60.1 Å². The minimum Gasteiger partial charge on any atom is -0.496 e. The van der Waals surface area contributed by atoms with Crippen LogP contribution in [0.3, 0.4) is 0 Å². The number of ether oxygens (including phenoxy) is 1. The summed E-state index contributed by atoms with van der Waals surface area (Å²) in [7, 11) is 1.53. The molecule has 0 radical (unpaired) electrons. The Morgan fingerprint density at radius 3 is 2.72 bits per heavy atom. The van der Waals surface area contributed by atoms with Crippen LogP contribution in [0.25, 0.3) is 28.1 Å². The summed E-state index contributed by atoms with van der Waals surface area (Å²) in [6.45, 7) is 0. The first kappa shape index (κ1) is 21.1. The third kappa shape index (κ3) is 4.76. The van der Waals surface area contributed by atoms with Crippen molar-refractivity contribution in [3.8, 4) is 16.9 Å². The molecule has 0 aliphatic heterocycles. The molecule has 0 aliphatic carbocycles. The lowest BCUT2D eigenvalue weighted by Gasteiger charge is -2.13. The van der Waals surface area contributed by atoms with Crippen molar-refractivity contribution in [2.45, 2.75) is 0 Å². The van der Waals surface area contributed by atoms with E-state index in [9.17, 15) is 9.59 Å². The molecular weight excluding hydrogens is 426 g/mol. The normalized spacial score (nSPS) is 10.9. The Kier molecular flexibility index (Phi) is 6.14. The third-order valence-corrected chi connectivity index (χ3v) is 4.89. The average molecular weight is 446 g/mol. The number of pyridine rings is 1. The molecule has 0 atom stereocenters. The van der Waals surface area contributed by atoms with Gasteiger partial charge >= 0.3 is 0 Å². The summed E-state index contributed by atoms with van der Waals surface area (Å²) in [6.07, 6.45) is 4.38. The van der Waals surface area contributed by atoms with Crippen LogP contribution in [-0.4, -0.2) is 23.1 Å². The van der Waals surface area contributed by atoms with Crippen LogP contribution in [0.1, 0.15) is 5.76 Å². The monoisotopic (exact) mass is 445 g/mol. The fourth-order valence-corrected chi connectivity index (χ4v) is 3.42. The molecule has 2 aromatic heterocycles. The molecule has 8 heteroatoms. The fourth-order valence-electron chi connectivity index (χ4n) is 3.20. The predicted octanol–water partition coefficient (Wildman–Crippen LogP) is 4.32. The zero-order chi connectivity index (χ0) is 22.5. The second-order valence-electron chi connectivity index (χ2n) is 6.81. The Morgan fingerprint density at radius 1 is 1.09 bits per heavy atom. The topological polar surface area (TPSA) is 96.4 Å². The zero-order valence-electron chi connectivity index (χ0n) is 17.0. The molecule has 2 aromatic carbocycles. The highest BCUT2D eigenvalue weighted by Gasteiger charge is 2.13. The number of carbonyl (C=O) groups excluding carboxylic acids is 1. The summed E-state index contributed by atoms with van der Waals surface area (Å²) in [4.78, 5) is 27.5. The first-order chi connectivity index (χ1) is 15.5. The van der Waals surface area contributed by atoms with E-state index in [-0.39, 0.29) is 10.7 Å². The Bertz CT molecular complexity index is 1370. The highest BCUT2D eigenvalue weighted by molar-refractivity contribution is 7.80. The molecule has 160 valence electrons. The lowest BCUT2D eigenvalue weighted by molar-refractivity contribution is -0.115.